The number of rotatable bonds is 5. The smallest absolute Gasteiger partial charge is 0.269 e. The molecule has 114 valence electrons. The van der Waals surface area contributed by atoms with Crippen LogP contribution in [0.4, 0.5) is 5.69 Å². The minimum absolute atomic E-state index is 0.0247. The molecule has 0 radical (unpaired) electrons. The van der Waals surface area contributed by atoms with E-state index in [0.29, 0.717) is 16.8 Å². The second-order valence-corrected chi connectivity index (χ2v) is 4.50. The van der Waals surface area contributed by atoms with Gasteiger partial charge < -0.3 is 5.10 Å². The van der Waals surface area contributed by atoms with Crippen molar-refractivity contribution in [1.29, 1.82) is 0 Å². The van der Waals surface area contributed by atoms with Crippen molar-refractivity contribution in [3.63, 3.8) is 0 Å². The van der Waals surface area contributed by atoms with Gasteiger partial charge in [0.1, 0.15) is 0 Å². The molecule has 2 aromatic rings. The third kappa shape index (κ3) is 3.66. The Morgan fingerprint density at radius 1 is 1.36 bits per heavy atom. The zero-order valence-electron chi connectivity index (χ0n) is 11.6. The molecule has 9 heteroatoms. The number of nitrogens with one attached hydrogen (secondary N) is 3. The highest BCUT2D eigenvalue weighted by molar-refractivity contribution is 5.83. The van der Waals surface area contributed by atoms with Crippen LogP contribution in [0.25, 0.3) is 0 Å². The van der Waals surface area contributed by atoms with Crippen molar-refractivity contribution in [2.75, 3.05) is 0 Å². The molecule has 9 nitrogen and oxygen atoms in total. The highest BCUT2D eigenvalue weighted by Gasteiger charge is 2.10. The van der Waals surface area contributed by atoms with E-state index in [9.17, 15) is 19.7 Å². The van der Waals surface area contributed by atoms with Crippen LogP contribution in [-0.4, -0.2) is 27.2 Å². The second-order valence-electron chi connectivity index (χ2n) is 4.50. The Morgan fingerprint density at radius 2 is 2.05 bits per heavy atom. The van der Waals surface area contributed by atoms with Gasteiger partial charge in [0, 0.05) is 23.4 Å². The molecule has 0 atom stereocenters. The zero-order chi connectivity index (χ0) is 16.1. The summed E-state index contributed by atoms with van der Waals surface area (Å²) in [5, 5.41) is 19.3. The summed E-state index contributed by atoms with van der Waals surface area (Å²) in [5.41, 5.74) is 3.47. The molecule has 0 aliphatic heterocycles. The quantitative estimate of drug-likeness (QED) is 0.424. The maximum absolute atomic E-state index is 11.7. The number of nitro groups is 1. The molecule has 0 aliphatic carbocycles. The van der Waals surface area contributed by atoms with E-state index >= 15 is 0 Å². The van der Waals surface area contributed by atoms with Crippen molar-refractivity contribution >= 4 is 17.8 Å². The lowest BCUT2D eigenvalue weighted by Gasteiger charge is -1.98. The van der Waals surface area contributed by atoms with Crippen LogP contribution in [0.2, 0.25) is 0 Å². The first-order valence-corrected chi connectivity index (χ1v) is 6.30. The molecule has 22 heavy (non-hydrogen) atoms. The Hall–Kier alpha value is -3.23. The van der Waals surface area contributed by atoms with Crippen LogP contribution in [0.3, 0.4) is 0 Å². The molecule has 0 aliphatic rings. The lowest BCUT2D eigenvalue weighted by Crippen LogP contribution is -2.23. The third-order valence-electron chi connectivity index (χ3n) is 2.93. The van der Waals surface area contributed by atoms with E-state index in [1.807, 2.05) is 0 Å². The summed E-state index contributed by atoms with van der Waals surface area (Å²) in [5.74, 6) is -0.439. The Bertz CT molecular complexity index is 772. The van der Waals surface area contributed by atoms with E-state index in [4.69, 9.17) is 0 Å². The number of H-pyrrole nitrogens is 2. The van der Waals surface area contributed by atoms with Crippen LogP contribution in [0.15, 0.2) is 34.2 Å². The van der Waals surface area contributed by atoms with Gasteiger partial charge >= 0.3 is 0 Å². The van der Waals surface area contributed by atoms with Gasteiger partial charge in [-0.3, -0.25) is 24.8 Å². The molecule has 0 saturated heterocycles. The Balaban J connectivity index is 1.93. The fraction of sp³-hybridized carbons (Fsp3) is 0.154. The average molecular weight is 303 g/mol. The summed E-state index contributed by atoms with van der Waals surface area (Å²) < 4.78 is 0. The molecule has 2 rings (SSSR count). The number of aromatic nitrogens is 2. The number of hydrogen-bond donors (Lipinski definition) is 3. The van der Waals surface area contributed by atoms with E-state index in [2.05, 4.69) is 20.7 Å². The number of hydrogen-bond acceptors (Lipinski definition) is 5. The Labute approximate surface area is 124 Å². The molecular formula is C13H13N5O4. The van der Waals surface area contributed by atoms with Crippen LogP contribution in [0.5, 0.6) is 0 Å². The van der Waals surface area contributed by atoms with Crippen molar-refractivity contribution < 1.29 is 9.72 Å². The van der Waals surface area contributed by atoms with Crippen molar-refractivity contribution in [3.05, 3.63) is 61.6 Å². The van der Waals surface area contributed by atoms with E-state index < -0.39 is 10.8 Å². The molecule has 3 N–H and O–H groups in total. The molecule has 0 unspecified atom stereocenters. The molecule has 0 fully saturated rings. The monoisotopic (exact) mass is 303 g/mol. The van der Waals surface area contributed by atoms with Crippen molar-refractivity contribution in [1.82, 2.24) is 15.6 Å². The normalized spacial score (nSPS) is 10.8. The topological polar surface area (TPSA) is 133 Å². The number of carbonyl (C=O) groups is 1. The highest BCUT2D eigenvalue weighted by atomic mass is 16.6. The molecule has 0 spiro atoms. The van der Waals surface area contributed by atoms with Gasteiger partial charge in [0.05, 0.1) is 17.6 Å². The summed E-state index contributed by atoms with van der Waals surface area (Å²) in [7, 11) is 0. The summed E-state index contributed by atoms with van der Waals surface area (Å²) >= 11 is 0. The average Bonchev–Trinajstić information content (AvgIpc) is 2.79. The first kappa shape index (κ1) is 15.2. The predicted molar refractivity (Wildman–Crippen MR) is 78.7 cm³/mol. The summed E-state index contributed by atoms with van der Waals surface area (Å²) in [6, 6.07) is 5.70. The lowest BCUT2D eigenvalue weighted by atomic mass is 10.2. The van der Waals surface area contributed by atoms with Gasteiger partial charge in [0.25, 0.3) is 11.2 Å². The molecule has 1 aromatic carbocycles. The number of aromatic amines is 2. The minimum Gasteiger partial charge on any atom is -0.302 e. The summed E-state index contributed by atoms with van der Waals surface area (Å²) in [6.45, 7) is 1.68. The Kier molecular flexibility index (Phi) is 4.47. The molecule has 1 amide bonds. The number of aryl methyl sites for hydroxylation is 1. The standard InChI is InChI=1S/C13H13N5O4/c1-8-11(13(20)17-15-8)6-12(19)16-14-7-9-2-4-10(5-3-9)18(21)22/h2-5,7H,6H2,1H3,(H,16,19)(H2,15,17,20)/b14-7+. The maximum Gasteiger partial charge on any atom is 0.269 e. The second kappa shape index (κ2) is 6.48. The maximum atomic E-state index is 11.7. The zero-order valence-corrected chi connectivity index (χ0v) is 11.6. The number of hydrazone groups is 1. The number of non-ortho nitro benzene ring substituents is 1. The van der Waals surface area contributed by atoms with E-state index in [-0.39, 0.29) is 17.7 Å². The van der Waals surface area contributed by atoms with Gasteiger partial charge in [-0.15, -0.1) is 0 Å². The summed E-state index contributed by atoms with van der Waals surface area (Å²) in [4.78, 5) is 33.1. The minimum atomic E-state index is -0.501. The molecule has 1 heterocycles. The highest BCUT2D eigenvalue weighted by Crippen LogP contribution is 2.10. The number of amides is 1. The van der Waals surface area contributed by atoms with Gasteiger partial charge in [-0.25, -0.2) is 5.43 Å². The van der Waals surface area contributed by atoms with Gasteiger partial charge in [0.2, 0.25) is 5.91 Å². The molecule has 1 aromatic heterocycles. The van der Waals surface area contributed by atoms with Gasteiger partial charge in [-0.05, 0) is 24.6 Å². The van der Waals surface area contributed by atoms with Crippen LogP contribution < -0.4 is 11.0 Å². The largest absolute Gasteiger partial charge is 0.302 e. The SMILES string of the molecule is Cc1[nH][nH]c(=O)c1CC(=O)N/N=C/c1ccc([N+](=O)[O-])cc1. The van der Waals surface area contributed by atoms with E-state index in [0.717, 1.165) is 0 Å². The number of nitrogens with zero attached hydrogens (tertiary/aromatic N) is 2. The lowest BCUT2D eigenvalue weighted by molar-refractivity contribution is -0.384. The van der Waals surface area contributed by atoms with Crippen LogP contribution >= 0.6 is 0 Å². The summed E-state index contributed by atoms with van der Waals surface area (Å²) in [6.07, 6.45) is 1.26. The van der Waals surface area contributed by atoms with Crippen molar-refractivity contribution in [2.45, 2.75) is 13.3 Å². The molecular weight excluding hydrogens is 290 g/mol. The van der Waals surface area contributed by atoms with Crippen LogP contribution in [0.1, 0.15) is 16.8 Å². The fourth-order valence-corrected chi connectivity index (χ4v) is 1.75. The number of nitro benzene ring substituents is 1. The van der Waals surface area contributed by atoms with E-state index in [1.54, 1.807) is 6.92 Å². The van der Waals surface area contributed by atoms with Crippen molar-refractivity contribution in [2.24, 2.45) is 5.10 Å². The van der Waals surface area contributed by atoms with E-state index in [1.165, 1.54) is 30.5 Å². The predicted octanol–water partition coefficient (Wildman–Crippen LogP) is 0.612. The first-order chi connectivity index (χ1) is 10.5. The first-order valence-electron chi connectivity index (χ1n) is 6.30. The fourth-order valence-electron chi connectivity index (χ4n) is 1.75. The van der Waals surface area contributed by atoms with Gasteiger partial charge in [-0.1, -0.05) is 0 Å². The van der Waals surface area contributed by atoms with Gasteiger partial charge in [-0.2, -0.15) is 5.10 Å². The van der Waals surface area contributed by atoms with Gasteiger partial charge in [0.15, 0.2) is 0 Å². The molecule has 0 saturated carbocycles. The van der Waals surface area contributed by atoms with Crippen LogP contribution in [0, 0.1) is 17.0 Å². The number of carbonyl (C=O) groups excluding carboxylic acids is 1. The van der Waals surface area contributed by atoms with Crippen LogP contribution in [-0.2, 0) is 11.2 Å². The van der Waals surface area contributed by atoms with Crippen molar-refractivity contribution in [3.8, 4) is 0 Å². The third-order valence-corrected chi connectivity index (χ3v) is 2.93. The molecule has 0 bridgehead atoms. The Morgan fingerprint density at radius 3 is 2.59 bits per heavy atom. The number of benzene rings is 1.